The minimum absolute atomic E-state index is 0.311. The Balaban J connectivity index is 1.93. The van der Waals surface area contributed by atoms with Gasteiger partial charge < -0.3 is 0 Å². The Morgan fingerprint density at radius 1 is 0.762 bits per heavy atom. The highest BCUT2D eigenvalue weighted by atomic mass is 19.1. The predicted molar refractivity (Wildman–Crippen MR) is 74.2 cm³/mol. The van der Waals surface area contributed by atoms with Gasteiger partial charge in [-0.05, 0) is 54.5 Å². The van der Waals surface area contributed by atoms with Crippen molar-refractivity contribution in [2.24, 2.45) is 0 Å². The molecule has 3 nitrogen and oxygen atoms in total. The zero-order valence-corrected chi connectivity index (χ0v) is 10.8. The largest absolute Gasteiger partial charge is 0.207 e. The Bertz CT molecular complexity index is 809. The number of nitrogens with one attached hydrogen (secondary N) is 1. The molecule has 0 saturated heterocycles. The van der Waals surface area contributed by atoms with Crippen LogP contribution in [0, 0.1) is 23.5 Å². The van der Waals surface area contributed by atoms with Crippen LogP contribution in [0.25, 0.3) is 11.3 Å². The summed E-state index contributed by atoms with van der Waals surface area (Å²) < 4.78 is 25.7. The molecular weight excluding hydrogens is 272 g/mol. The van der Waals surface area contributed by atoms with Crippen LogP contribution in [0.15, 0.2) is 48.5 Å². The fraction of sp³-hybridized carbons (Fsp3) is 0. The van der Waals surface area contributed by atoms with Gasteiger partial charge in [-0.2, -0.15) is 10.3 Å². The molecule has 0 spiro atoms. The van der Waals surface area contributed by atoms with Gasteiger partial charge in [0.05, 0.1) is 0 Å². The van der Waals surface area contributed by atoms with Crippen LogP contribution in [0.1, 0.15) is 11.3 Å². The molecule has 1 heterocycles. The molecular formula is C16H9F2N3. The third kappa shape index (κ3) is 2.95. The summed E-state index contributed by atoms with van der Waals surface area (Å²) in [6, 6.07) is 11.8. The van der Waals surface area contributed by atoms with E-state index in [-0.39, 0.29) is 11.6 Å². The molecule has 21 heavy (non-hydrogen) atoms. The normalized spacial score (nSPS) is 10.0. The van der Waals surface area contributed by atoms with Crippen LogP contribution in [0.2, 0.25) is 0 Å². The highest BCUT2D eigenvalue weighted by Gasteiger charge is 2.08. The van der Waals surface area contributed by atoms with Gasteiger partial charge in [-0.15, -0.1) is 5.10 Å². The molecule has 0 aliphatic carbocycles. The minimum atomic E-state index is -0.318. The molecule has 3 aromatic rings. The summed E-state index contributed by atoms with van der Waals surface area (Å²) in [4.78, 5) is 0. The second-order valence-corrected chi connectivity index (χ2v) is 4.28. The molecule has 0 aliphatic rings. The van der Waals surface area contributed by atoms with Gasteiger partial charge >= 0.3 is 0 Å². The van der Waals surface area contributed by atoms with Crippen LogP contribution in [0.4, 0.5) is 8.78 Å². The summed E-state index contributed by atoms with van der Waals surface area (Å²) in [5.74, 6) is 5.12. The zero-order chi connectivity index (χ0) is 14.7. The van der Waals surface area contributed by atoms with E-state index in [4.69, 9.17) is 0 Å². The first kappa shape index (κ1) is 13.0. The van der Waals surface area contributed by atoms with Gasteiger partial charge in [0.25, 0.3) is 0 Å². The van der Waals surface area contributed by atoms with Crippen LogP contribution < -0.4 is 0 Å². The summed E-state index contributed by atoms with van der Waals surface area (Å²) in [6.45, 7) is 0. The van der Waals surface area contributed by atoms with Gasteiger partial charge in [-0.1, -0.05) is 5.92 Å². The molecule has 102 valence electrons. The third-order valence-corrected chi connectivity index (χ3v) is 2.84. The summed E-state index contributed by atoms with van der Waals surface area (Å²) in [5.41, 5.74) is 2.38. The van der Waals surface area contributed by atoms with Crippen molar-refractivity contribution < 1.29 is 8.78 Å². The van der Waals surface area contributed by atoms with Crippen LogP contribution in [-0.2, 0) is 0 Å². The fourth-order valence-corrected chi connectivity index (χ4v) is 1.79. The quantitative estimate of drug-likeness (QED) is 0.696. The summed E-state index contributed by atoms with van der Waals surface area (Å²) in [7, 11) is 0. The van der Waals surface area contributed by atoms with Crippen LogP contribution in [0.3, 0.4) is 0 Å². The maximum Gasteiger partial charge on any atom is 0.163 e. The third-order valence-electron chi connectivity index (χ3n) is 2.84. The van der Waals surface area contributed by atoms with E-state index >= 15 is 0 Å². The van der Waals surface area contributed by atoms with Crippen molar-refractivity contribution in [3.63, 3.8) is 0 Å². The Hall–Kier alpha value is -3.00. The van der Waals surface area contributed by atoms with Crippen molar-refractivity contribution in [3.05, 3.63) is 71.4 Å². The molecule has 0 atom stereocenters. The minimum Gasteiger partial charge on any atom is -0.207 e. The van der Waals surface area contributed by atoms with Gasteiger partial charge in [-0.25, -0.2) is 8.78 Å². The van der Waals surface area contributed by atoms with E-state index in [1.807, 2.05) is 0 Å². The lowest BCUT2D eigenvalue weighted by Gasteiger charge is -1.96. The SMILES string of the molecule is Fc1ccc(C#Cc2n[nH]nc2-c2ccc(F)cc2)cc1. The molecule has 0 amide bonds. The van der Waals surface area contributed by atoms with Crippen LogP contribution in [0.5, 0.6) is 0 Å². The van der Waals surface area contributed by atoms with Gasteiger partial charge in [0.1, 0.15) is 17.3 Å². The van der Waals surface area contributed by atoms with Crippen LogP contribution >= 0.6 is 0 Å². The molecule has 2 aromatic carbocycles. The zero-order valence-electron chi connectivity index (χ0n) is 10.8. The van der Waals surface area contributed by atoms with Crippen molar-refractivity contribution in [1.82, 2.24) is 15.4 Å². The molecule has 3 rings (SSSR count). The molecule has 0 bridgehead atoms. The van der Waals surface area contributed by atoms with Gasteiger partial charge in [0, 0.05) is 11.1 Å². The maximum atomic E-state index is 12.9. The number of rotatable bonds is 1. The highest BCUT2D eigenvalue weighted by Crippen LogP contribution is 2.19. The first-order valence-corrected chi connectivity index (χ1v) is 6.17. The van der Waals surface area contributed by atoms with Gasteiger partial charge in [0.2, 0.25) is 0 Å². The Morgan fingerprint density at radius 2 is 1.38 bits per heavy atom. The van der Waals surface area contributed by atoms with Crippen molar-refractivity contribution in [2.75, 3.05) is 0 Å². The average molecular weight is 281 g/mol. The highest BCUT2D eigenvalue weighted by molar-refractivity contribution is 5.65. The summed E-state index contributed by atoms with van der Waals surface area (Å²) in [6.07, 6.45) is 0. The number of hydrogen-bond acceptors (Lipinski definition) is 2. The Kier molecular flexibility index (Phi) is 3.44. The molecule has 1 aromatic heterocycles. The Morgan fingerprint density at radius 3 is 2.05 bits per heavy atom. The van der Waals surface area contributed by atoms with E-state index in [1.54, 1.807) is 24.3 Å². The molecule has 0 fully saturated rings. The molecule has 0 unspecified atom stereocenters. The Labute approximate surface area is 119 Å². The van der Waals surface area contributed by atoms with E-state index in [0.717, 1.165) is 0 Å². The fourth-order valence-electron chi connectivity index (χ4n) is 1.79. The maximum absolute atomic E-state index is 12.9. The van der Waals surface area contributed by atoms with E-state index in [1.165, 1.54) is 24.3 Å². The number of nitrogens with zero attached hydrogens (tertiary/aromatic N) is 2. The first-order valence-electron chi connectivity index (χ1n) is 6.17. The molecule has 1 N–H and O–H groups in total. The number of halogens is 2. The first-order chi connectivity index (χ1) is 10.2. The van der Waals surface area contributed by atoms with E-state index in [2.05, 4.69) is 27.3 Å². The smallest absolute Gasteiger partial charge is 0.163 e. The monoisotopic (exact) mass is 281 g/mol. The van der Waals surface area contributed by atoms with Crippen molar-refractivity contribution in [3.8, 4) is 23.1 Å². The average Bonchev–Trinajstić information content (AvgIpc) is 2.96. The number of benzene rings is 2. The van der Waals surface area contributed by atoms with Crippen LogP contribution in [-0.4, -0.2) is 15.4 Å². The van der Waals surface area contributed by atoms with Crippen molar-refractivity contribution >= 4 is 0 Å². The summed E-state index contributed by atoms with van der Waals surface area (Å²) in [5, 5.41) is 10.5. The second-order valence-electron chi connectivity index (χ2n) is 4.28. The molecule has 5 heteroatoms. The number of H-pyrrole nitrogens is 1. The summed E-state index contributed by atoms with van der Waals surface area (Å²) >= 11 is 0. The second kappa shape index (κ2) is 5.55. The van der Waals surface area contributed by atoms with Crippen molar-refractivity contribution in [1.29, 1.82) is 0 Å². The lowest BCUT2D eigenvalue weighted by Crippen LogP contribution is -1.84. The standard InChI is InChI=1S/C16H9F2N3/c17-13-6-1-11(2-7-13)3-10-15-16(20-21-19-15)12-4-8-14(18)9-5-12/h1-2,4-9H,(H,19,20,21). The molecule has 0 radical (unpaired) electrons. The predicted octanol–water partition coefficient (Wildman–Crippen LogP) is 3.15. The molecule has 0 saturated carbocycles. The lowest BCUT2D eigenvalue weighted by atomic mass is 10.1. The van der Waals surface area contributed by atoms with Gasteiger partial charge in [-0.3, -0.25) is 0 Å². The topological polar surface area (TPSA) is 41.6 Å². The van der Waals surface area contributed by atoms with E-state index in [9.17, 15) is 8.78 Å². The lowest BCUT2D eigenvalue weighted by molar-refractivity contribution is 0.627. The van der Waals surface area contributed by atoms with Crippen molar-refractivity contribution in [2.45, 2.75) is 0 Å². The van der Waals surface area contributed by atoms with Gasteiger partial charge in [0.15, 0.2) is 5.69 Å². The molecule has 0 aliphatic heterocycles. The number of aromatic nitrogens is 3. The number of aromatic amines is 1. The number of hydrogen-bond donors (Lipinski definition) is 1. The van der Waals surface area contributed by atoms with E-state index in [0.29, 0.717) is 22.5 Å². The van der Waals surface area contributed by atoms with E-state index < -0.39 is 0 Å².